The summed E-state index contributed by atoms with van der Waals surface area (Å²) in [6.07, 6.45) is 0.932. The van der Waals surface area contributed by atoms with E-state index in [2.05, 4.69) is 0 Å². The molecule has 29 heavy (non-hydrogen) atoms. The number of aliphatic hydroxyl groups excluding tert-OH is 1. The minimum atomic E-state index is -0.655. The number of rotatable bonds is 6. The predicted molar refractivity (Wildman–Crippen MR) is 109 cm³/mol. The molecule has 3 atom stereocenters. The van der Waals surface area contributed by atoms with Gasteiger partial charge in [-0.25, -0.2) is 4.79 Å². The first-order valence-electron chi connectivity index (χ1n) is 10.6. The Morgan fingerprint density at radius 1 is 1.14 bits per heavy atom. The first-order valence-corrected chi connectivity index (χ1v) is 10.6. The molecule has 0 aromatic rings. The van der Waals surface area contributed by atoms with Crippen molar-refractivity contribution in [2.45, 2.75) is 65.2 Å². The number of hydrogen-bond donors (Lipinski definition) is 1. The van der Waals surface area contributed by atoms with Crippen molar-refractivity contribution >= 4 is 17.8 Å². The largest absolute Gasteiger partial charge is 0.458 e. The molecule has 2 fully saturated rings. The molecule has 0 radical (unpaired) electrons. The molecule has 2 saturated heterocycles. The fourth-order valence-electron chi connectivity index (χ4n) is 4.10. The Labute approximate surface area is 174 Å². The Kier molecular flexibility index (Phi) is 7.67. The highest BCUT2D eigenvalue weighted by atomic mass is 16.6. The smallest absolute Gasteiger partial charge is 0.329 e. The van der Waals surface area contributed by atoms with Crippen LogP contribution in [0.3, 0.4) is 0 Å². The molecule has 2 heterocycles. The molecular weight excluding hydrogens is 374 g/mol. The molecule has 0 aromatic carbocycles. The lowest BCUT2D eigenvalue weighted by atomic mass is 9.99. The van der Waals surface area contributed by atoms with Crippen LogP contribution in [0.25, 0.3) is 0 Å². The summed E-state index contributed by atoms with van der Waals surface area (Å²) in [5.74, 6) is -0.927. The van der Waals surface area contributed by atoms with Gasteiger partial charge in [0.15, 0.2) is 0 Å². The maximum Gasteiger partial charge on any atom is 0.329 e. The van der Waals surface area contributed by atoms with Crippen LogP contribution < -0.4 is 0 Å². The van der Waals surface area contributed by atoms with Crippen molar-refractivity contribution in [3.05, 3.63) is 0 Å². The van der Waals surface area contributed by atoms with E-state index >= 15 is 0 Å². The molecule has 1 N–H and O–H groups in total. The van der Waals surface area contributed by atoms with E-state index in [1.165, 1.54) is 4.90 Å². The van der Waals surface area contributed by atoms with Crippen LogP contribution in [0.15, 0.2) is 0 Å². The van der Waals surface area contributed by atoms with Gasteiger partial charge in [0.1, 0.15) is 11.6 Å². The first-order chi connectivity index (χ1) is 13.4. The van der Waals surface area contributed by atoms with Crippen LogP contribution in [0.5, 0.6) is 0 Å². The van der Waals surface area contributed by atoms with Crippen LogP contribution in [0.1, 0.15) is 47.5 Å². The van der Waals surface area contributed by atoms with Gasteiger partial charge in [-0.3, -0.25) is 14.5 Å². The number of β-amino-alcohol motifs (C(OH)–C–C–N with tert-alkyl or cyclic N) is 1. The summed E-state index contributed by atoms with van der Waals surface area (Å²) in [6.45, 7) is 11.7. The van der Waals surface area contributed by atoms with Crippen LogP contribution in [0.4, 0.5) is 0 Å². The van der Waals surface area contributed by atoms with E-state index in [1.54, 1.807) is 11.9 Å². The molecular formula is C21H37N3O5. The van der Waals surface area contributed by atoms with Gasteiger partial charge in [0.2, 0.25) is 11.8 Å². The van der Waals surface area contributed by atoms with Crippen molar-refractivity contribution in [1.82, 2.24) is 14.7 Å². The fraction of sp³-hybridized carbons (Fsp3) is 0.857. The highest BCUT2D eigenvalue weighted by Gasteiger charge is 2.39. The van der Waals surface area contributed by atoms with E-state index in [0.29, 0.717) is 32.5 Å². The van der Waals surface area contributed by atoms with E-state index in [1.807, 2.05) is 39.5 Å². The molecule has 8 nitrogen and oxygen atoms in total. The minimum Gasteiger partial charge on any atom is -0.458 e. The second kappa shape index (κ2) is 9.43. The number of hydrogen-bond acceptors (Lipinski definition) is 6. The quantitative estimate of drug-likeness (QED) is 0.648. The highest BCUT2D eigenvalue weighted by molar-refractivity contribution is 5.87. The summed E-state index contributed by atoms with van der Waals surface area (Å²) in [4.78, 5) is 43.4. The summed E-state index contributed by atoms with van der Waals surface area (Å²) in [5.41, 5.74) is -0.617. The molecule has 0 unspecified atom stereocenters. The molecule has 0 saturated carbocycles. The Balaban J connectivity index is 1.94. The van der Waals surface area contributed by atoms with Crippen LogP contribution in [0.2, 0.25) is 0 Å². The zero-order valence-electron chi connectivity index (χ0n) is 18.7. The molecule has 0 aliphatic carbocycles. The topological polar surface area (TPSA) is 90.4 Å². The number of nitrogens with zero attached hydrogens (tertiary/aromatic N) is 3. The fourth-order valence-corrected chi connectivity index (χ4v) is 4.10. The summed E-state index contributed by atoms with van der Waals surface area (Å²) < 4.78 is 5.51. The van der Waals surface area contributed by atoms with E-state index in [0.717, 1.165) is 6.54 Å². The van der Waals surface area contributed by atoms with Gasteiger partial charge in [0.05, 0.1) is 18.6 Å². The van der Waals surface area contributed by atoms with E-state index in [-0.39, 0.29) is 36.3 Å². The monoisotopic (exact) mass is 411 g/mol. The third-order valence-corrected chi connectivity index (χ3v) is 5.54. The Morgan fingerprint density at radius 3 is 2.31 bits per heavy atom. The van der Waals surface area contributed by atoms with Gasteiger partial charge >= 0.3 is 5.97 Å². The van der Waals surface area contributed by atoms with E-state index in [9.17, 15) is 19.5 Å². The molecule has 0 aromatic heterocycles. The molecule has 166 valence electrons. The predicted octanol–water partition coefficient (Wildman–Crippen LogP) is 0.726. The van der Waals surface area contributed by atoms with Gasteiger partial charge in [-0.15, -0.1) is 0 Å². The van der Waals surface area contributed by atoms with Crippen molar-refractivity contribution in [2.24, 2.45) is 11.8 Å². The van der Waals surface area contributed by atoms with Gasteiger partial charge in [0.25, 0.3) is 0 Å². The van der Waals surface area contributed by atoms with Crippen molar-refractivity contribution in [3.8, 4) is 0 Å². The van der Waals surface area contributed by atoms with Crippen molar-refractivity contribution in [1.29, 1.82) is 0 Å². The van der Waals surface area contributed by atoms with Crippen molar-refractivity contribution < 1.29 is 24.2 Å². The lowest BCUT2D eigenvalue weighted by molar-refractivity contribution is -0.166. The summed E-state index contributed by atoms with van der Waals surface area (Å²) in [6, 6.07) is -0.655. The summed E-state index contributed by atoms with van der Waals surface area (Å²) in [7, 11) is 1.65. The first kappa shape index (κ1) is 23.6. The Morgan fingerprint density at radius 2 is 1.79 bits per heavy atom. The normalized spacial score (nSPS) is 24.1. The molecule has 2 aliphatic heterocycles. The van der Waals surface area contributed by atoms with E-state index in [4.69, 9.17) is 4.74 Å². The summed E-state index contributed by atoms with van der Waals surface area (Å²) >= 11 is 0. The molecule has 2 aliphatic rings. The van der Waals surface area contributed by atoms with Crippen LogP contribution in [-0.4, -0.2) is 95.1 Å². The second-order valence-electron chi connectivity index (χ2n) is 9.67. The number of amides is 2. The molecule has 0 spiro atoms. The van der Waals surface area contributed by atoms with Gasteiger partial charge in [-0.1, -0.05) is 13.8 Å². The number of carbonyl (C=O) groups is 3. The third-order valence-electron chi connectivity index (χ3n) is 5.54. The third kappa shape index (κ3) is 6.40. The summed E-state index contributed by atoms with van der Waals surface area (Å²) in [5, 5.41) is 9.61. The average Bonchev–Trinajstić information content (AvgIpc) is 3.21. The van der Waals surface area contributed by atoms with Crippen LogP contribution in [0, 0.1) is 11.8 Å². The van der Waals surface area contributed by atoms with Crippen LogP contribution >= 0.6 is 0 Å². The molecule has 8 heteroatoms. The Hall–Kier alpha value is -1.67. The van der Waals surface area contributed by atoms with Gasteiger partial charge in [-0.05, 0) is 39.5 Å². The SMILES string of the molecule is CC(C)[C@@H](C(=O)OC(C)(C)C)N(C)C(=O)[C@H]1CCN(C(=O)CN2CC[C@H](O)C2)C1. The standard InChI is InChI=1S/C21H37N3O5/c1-14(2)18(20(28)29-21(3,4)5)22(6)19(27)15-7-10-24(11-15)17(26)13-23-9-8-16(25)12-23/h14-16,18,25H,7-13H2,1-6H3/t15-,16-,18-/m0/s1. The number of carbonyl (C=O) groups excluding carboxylic acids is 3. The lowest BCUT2D eigenvalue weighted by Gasteiger charge is -2.33. The number of aliphatic hydroxyl groups is 1. The maximum atomic E-state index is 13.1. The average molecular weight is 412 g/mol. The lowest BCUT2D eigenvalue weighted by Crippen LogP contribution is -2.50. The van der Waals surface area contributed by atoms with E-state index < -0.39 is 17.6 Å². The number of likely N-dealkylation sites (N-methyl/N-ethyl adjacent to an activating group) is 1. The maximum absolute atomic E-state index is 13.1. The highest BCUT2D eigenvalue weighted by Crippen LogP contribution is 2.23. The minimum absolute atomic E-state index is 0.00963. The molecule has 2 rings (SSSR count). The van der Waals surface area contributed by atoms with Crippen molar-refractivity contribution in [2.75, 3.05) is 39.8 Å². The van der Waals surface area contributed by atoms with Crippen LogP contribution in [-0.2, 0) is 19.1 Å². The molecule has 0 bridgehead atoms. The molecule has 2 amide bonds. The number of esters is 1. The number of ether oxygens (including phenoxy) is 1. The second-order valence-corrected chi connectivity index (χ2v) is 9.67. The Bertz CT molecular complexity index is 616. The van der Waals surface area contributed by atoms with Gasteiger partial charge in [0, 0.05) is 33.2 Å². The number of likely N-dealkylation sites (tertiary alicyclic amines) is 2. The van der Waals surface area contributed by atoms with Crippen molar-refractivity contribution in [3.63, 3.8) is 0 Å². The zero-order valence-corrected chi connectivity index (χ0v) is 18.7. The van der Waals surface area contributed by atoms with Gasteiger partial charge < -0.3 is 19.6 Å². The zero-order chi connectivity index (χ0) is 21.9. The van der Waals surface area contributed by atoms with Gasteiger partial charge in [-0.2, -0.15) is 0 Å².